The zero-order valence-corrected chi connectivity index (χ0v) is 12.9. The third-order valence-electron chi connectivity index (χ3n) is 3.04. The number of hydrogen-bond acceptors (Lipinski definition) is 4. The molecule has 0 aliphatic carbocycles. The molecule has 0 saturated carbocycles. The molecule has 1 aromatic rings. The molecule has 5 nitrogen and oxygen atoms in total. The van der Waals surface area contributed by atoms with E-state index < -0.39 is 0 Å². The number of amides is 1. The van der Waals surface area contributed by atoms with Crippen LogP contribution < -0.4 is 10.1 Å². The highest BCUT2D eigenvalue weighted by Crippen LogP contribution is 2.31. The van der Waals surface area contributed by atoms with E-state index >= 15 is 0 Å². The number of carbonyl (C=O) groups excluding carboxylic acids is 1. The van der Waals surface area contributed by atoms with Crippen molar-refractivity contribution < 1.29 is 14.6 Å². The lowest BCUT2D eigenvalue weighted by atomic mass is 10.1. The number of nitrogens with one attached hydrogen (secondary N) is 1. The van der Waals surface area contributed by atoms with Gasteiger partial charge in [-0.25, -0.2) is 0 Å². The second-order valence-electron chi connectivity index (χ2n) is 4.57. The maximum Gasteiger partial charge on any atom is 0.276 e. The van der Waals surface area contributed by atoms with Gasteiger partial charge in [0.15, 0.2) is 16.6 Å². The molecule has 112 valence electrons. The van der Waals surface area contributed by atoms with Gasteiger partial charge in [0.1, 0.15) is 5.70 Å². The number of thiocarbonyl (C=S) groups is 1. The Morgan fingerprint density at radius 1 is 1.43 bits per heavy atom. The molecule has 1 saturated heterocycles. The quantitative estimate of drug-likeness (QED) is 0.645. The van der Waals surface area contributed by atoms with E-state index in [9.17, 15) is 9.90 Å². The van der Waals surface area contributed by atoms with Crippen LogP contribution in [0.5, 0.6) is 11.5 Å². The number of rotatable bonds is 5. The van der Waals surface area contributed by atoms with Gasteiger partial charge in [0.05, 0.1) is 6.61 Å². The van der Waals surface area contributed by atoms with Crippen molar-refractivity contribution in [3.63, 3.8) is 0 Å². The summed E-state index contributed by atoms with van der Waals surface area (Å²) >= 11 is 5.14. The molecule has 1 aromatic carbocycles. The highest BCUT2D eigenvalue weighted by atomic mass is 32.1. The van der Waals surface area contributed by atoms with E-state index in [0.29, 0.717) is 35.3 Å². The fourth-order valence-corrected chi connectivity index (χ4v) is 2.37. The Labute approximate surface area is 129 Å². The van der Waals surface area contributed by atoms with Gasteiger partial charge in [0.25, 0.3) is 5.91 Å². The number of benzene rings is 1. The lowest BCUT2D eigenvalue weighted by Crippen LogP contribution is -2.31. The third-order valence-corrected chi connectivity index (χ3v) is 3.36. The normalized spacial score (nSPS) is 16.5. The molecular weight excluding hydrogens is 288 g/mol. The van der Waals surface area contributed by atoms with Crippen LogP contribution in [0.1, 0.15) is 25.8 Å². The molecule has 0 spiro atoms. The van der Waals surface area contributed by atoms with Crippen LogP contribution >= 0.6 is 12.2 Å². The first-order chi connectivity index (χ1) is 10.1. The molecule has 1 amide bonds. The summed E-state index contributed by atoms with van der Waals surface area (Å²) in [5, 5.41) is 13.4. The minimum absolute atomic E-state index is 0.0151. The predicted octanol–water partition coefficient (Wildman–Crippen LogP) is 2.26. The average Bonchev–Trinajstić information content (AvgIpc) is 2.71. The van der Waals surface area contributed by atoms with Crippen LogP contribution in [-0.2, 0) is 4.79 Å². The Kier molecular flexibility index (Phi) is 4.80. The minimum atomic E-state index is -0.178. The minimum Gasteiger partial charge on any atom is -0.504 e. The maximum atomic E-state index is 12.2. The van der Waals surface area contributed by atoms with Gasteiger partial charge in [0.2, 0.25) is 0 Å². The molecular formula is C15H18N2O3S. The van der Waals surface area contributed by atoms with Gasteiger partial charge in [-0.15, -0.1) is 0 Å². The van der Waals surface area contributed by atoms with Crippen LogP contribution in [0.4, 0.5) is 0 Å². The summed E-state index contributed by atoms with van der Waals surface area (Å²) in [5.74, 6) is 0.231. The second-order valence-corrected chi connectivity index (χ2v) is 4.96. The summed E-state index contributed by atoms with van der Waals surface area (Å²) < 4.78 is 5.33. The Bertz CT molecular complexity index is 599. The Morgan fingerprint density at radius 3 is 2.86 bits per heavy atom. The molecule has 0 radical (unpaired) electrons. The largest absolute Gasteiger partial charge is 0.504 e. The Morgan fingerprint density at radius 2 is 2.19 bits per heavy atom. The SMILES string of the molecule is CCCN1C(=O)C(=Cc2cccc(OCC)c2O)NC1=S. The molecule has 1 heterocycles. The van der Waals surface area contributed by atoms with Crippen molar-refractivity contribution in [3.8, 4) is 11.5 Å². The van der Waals surface area contributed by atoms with Gasteiger partial charge in [-0.2, -0.15) is 0 Å². The van der Waals surface area contributed by atoms with Crippen molar-refractivity contribution in [2.75, 3.05) is 13.2 Å². The number of para-hydroxylation sites is 1. The van der Waals surface area contributed by atoms with Crippen LogP contribution in [0.25, 0.3) is 6.08 Å². The van der Waals surface area contributed by atoms with Gasteiger partial charge in [-0.05, 0) is 37.7 Å². The number of phenolic OH excluding ortho intramolecular Hbond substituents is 1. The first-order valence-corrected chi connectivity index (χ1v) is 7.28. The van der Waals surface area contributed by atoms with Gasteiger partial charge in [-0.3, -0.25) is 9.69 Å². The molecule has 0 aromatic heterocycles. The fraction of sp³-hybridized carbons (Fsp3) is 0.333. The number of nitrogens with zero attached hydrogens (tertiary/aromatic N) is 1. The fourth-order valence-electron chi connectivity index (χ4n) is 2.08. The molecule has 0 unspecified atom stereocenters. The topological polar surface area (TPSA) is 61.8 Å². The molecule has 2 N–H and O–H groups in total. The van der Waals surface area contributed by atoms with Crippen molar-refractivity contribution in [2.45, 2.75) is 20.3 Å². The smallest absolute Gasteiger partial charge is 0.276 e. The summed E-state index contributed by atoms with van der Waals surface area (Å²) in [6.45, 7) is 4.86. The number of phenols is 1. The van der Waals surface area contributed by atoms with E-state index in [4.69, 9.17) is 17.0 Å². The molecule has 0 bridgehead atoms. The van der Waals surface area contributed by atoms with Gasteiger partial charge in [-0.1, -0.05) is 19.1 Å². The zero-order chi connectivity index (χ0) is 15.4. The predicted molar refractivity (Wildman–Crippen MR) is 85.0 cm³/mol. The van der Waals surface area contributed by atoms with E-state index in [-0.39, 0.29) is 11.7 Å². The molecule has 1 fully saturated rings. The monoisotopic (exact) mass is 306 g/mol. The van der Waals surface area contributed by atoms with Gasteiger partial charge < -0.3 is 15.2 Å². The highest BCUT2D eigenvalue weighted by Gasteiger charge is 2.29. The summed E-state index contributed by atoms with van der Waals surface area (Å²) in [5.41, 5.74) is 0.871. The molecule has 0 atom stereocenters. The van der Waals surface area contributed by atoms with E-state index in [1.54, 1.807) is 24.3 Å². The van der Waals surface area contributed by atoms with Crippen LogP contribution in [0, 0.1) is 0 Å². The number of ether oxygens (including phenoxy) is 1. The van der Waals surface area contributed by atoms with Gasteiger partial charge in [0, 0.05) is 12.1 Å². The summed E-state index contributed by atoms with van der Waals surface area (Å²) in [7, 11) is 0. The molecule has 1 aliphatic rings. The molecule has 21 heavy (non-hydrogen) atoms. The second kappa shape index (κ2) is 6.58. The summed E-state index contributed by atoms with van der Waals surface area (Å²) in [4.78, 5) is 13.7. The van der Waals surface area contributed by atoms with Crippen molar-refractivity contribution >= 4 is 29.3 Å². The van der Waals surface area contributed by atoms with E-state index in [1.807, 2.05) is 13.8 Å². The van der Waals surface area contributed by atoms with Crippen molar-refractivity contribution in [1.82, 2.24) is 10.2 Å². The first-order valence-electron chi connectivity index (χ1n) is 6.87. The maximum absolute atomic E-state index is 12.2. The van der Waals surface area contributed by atoms with E-state index in [0.717, 1.165) is 6.42 Å². The number of aromatic hydroxyl groups is 1. The van der Waals surface area contributed by atoms with Crippen LogP contribution in [-0.4, -0.2) is 34.2 Å². The van der Waals surface area contributed by atoms with E-state index in [1.165, 1.54) is 4.90 Å². The van der Waals surface area contributed by atoms with Crippen molar-refractivity contribution in [1.29, 1.82) is 0 Å². The Hall–Kier alpha value is -2.08. The average molecular weight is 306 g/mol. The first kappa shape index (κ1) is 15.3. The lowest BCUT2D eigenvalue weighted by molar-refractivity contribution is -0.122. The van der Waals surface area contributed by atoms with Crippen LogP contribution in [0.3, 0.4) is 0 Å². The molecule has 6 heteroatoms. The molecule has 2 rings (SSSR count). The van der Waals surface area contributed by atoms with E-state index in [2.05, 4.69) is 5.32 Å². The van der Waals surface area contributed by atoms with Crippen molar-refractivity contribution in [3.05, 3.63) is 29.5 Å². The standard InChI is InChI=1S/C15H18N2O3S/c1-3-8-17-14(19)11(16-15(17)21)9-10-6-5-7-12(13(10)18)20-4-2/h5-7,9,18H,3-4,8H2,1-2H3,(H,16,21). The number of carbonyl (C=O) groups is 1. The zero-order valence-electron chi connectivity index (χ0n) is 12.0. The molecule has 1 aliphatic heterocycles. The van der Waals surface area contributed by atoms with Crippen LogP contribution in [0.2, 0.25) is 0 Å². The number of hydrogen-bond donors (Lipinski definition) is 2. The van der Waals surface area contributed by atoms with Crippen molar-refractivity contribution in [2.24, 2.45) is 0 Å². The third kappa shape index (κ3) is 3.16. The highest BCUT2D eigenvalue weighted by molar-refractivity contribution is 7.80. The lowest BCUT2D eigenvalue weighted by Gasteiger charge is -2.11. The van der Waals surface area contributed by atoms with Gasteiger partial charge >= 0.3 is 0 Å². The Balaban J connectivity index is 2.30. The summed E-state index contributed by atoms with van der Waals surface area (Å²) in [6, 6.07) is 5.16. The summed E-state index contributed by atoms with van der Waals surface area (Å²) in [6.07, 6.45) is 2.41. The van der Waals surface area contributed by atoms with Crippen LogP contribution in [0.15, 0.2) is 23.9 Å².